The first-order chi connectivity index (χ1) is 19.0. The van der Waals surface area contributed by atoms with Gasteiger partial charge >= 0.3 is 11.4 Å². The van der Waals surface area contributed by atoms with E-state index in [0.29, 0.717) is 35.9 Å². The van der Waals surface area contributed by atoms with Crippen LogP contribution in [0, 0.1) is 39.0 Å². The van der Waals surface area contributed by atoms with Crippen molar-refractivity contribution in [3.05, 3.63) is 80.7 Å². The molecule has 0 saturated heterocycles. The zero-order valence-corrected chi connectivity index (χ0v) is 22.9. The van der Waals surface area contributed by atoms with E-state index in [9.17, 15) is 20.2 Å². The second kappa shape index (κ2) is 11.9. The summed E-state index contributed by atoms with van der Waals surface area (Å²) in [6.45, 7) is 10.3. The van der Waals surface area contributed by atoms with Crippen LogP contribution in [-0.2, 0) is 0 Å². The highest BCUT2D eigenvalue weighted by atomic mass is 16.6. The van der Waals surface area contributed by atoms with E-state index >= 15 is 0 Å². The van der Waals surface area contributed by atoms with Crippen molar-refractivity contribution < 1.29 is 19.3 Å². The molecule has 0 aliphatic heterocycles. The Kier molecular flexibility index (Phi) is 8.37. The molecule has 0 radical (unpaired) electrons. The summed E-state index contributed by atoms with van der Waals surface area (Å²) in [7, 11) is 0. The highest BCUT2D eigenvalue weighted by Gasteiger charge is 2.23. The first-order valence-electron chi connectivity index (χ1n) is 12.8. The van der Waals surface area contributed by atoms with Crippen LogP contribution < -0.4 is 9.47 Å². The number of nitro benzene ring substituents is 2. The van der Waals surface area contributed by atoms with Crippen LogP contribution in [0.3, 0.4) is 0 Å². The second-order valence-electron chi connectivity index (χ2n) is 10.1. The van der Waals surface area contributed by atoms with Gasteiger partial charge in [-0.25, -0.2) is 9.67 Å². The van der Waals surface area contributed by atoms with E-state index in [1.165, 1.54) is 28.9 Å². The van der Waals surface area contributed by atoms with E-state index in [4.69, 9.17) is 9.47 Å². The van der Waals surface area contributed by atoms with Crippen molar-refractivity contribution in [2.24, 2.45) is 11.8 Å². The van der Waals surface area contributed by atoms with Crippen molar-refractivity contribution in [1.29, 1.82) is 0 Å². The van der Waals surface area contributed by atoms with Crippen LogP contribution in [0.2, 0.25) is 0 Å². The van der Waals surface area contributed by atoms with Crippen molar-refractivity contribution in [2.45, 2.75) is 34.6 Å². The molecule has 0 saturated carbocycles. The summed E-state index contributed by atoms with van der Waals surface area (Å²) in [6.07, 6.45) is 1.63. The maximum atomic E-state index is 11.9. The van der Waals surface area contributed by atoms with E-state index in [1.54, 1.807) is 24.4 Å². The van der Waals surface area contributed by atoms with Crippen LogP contribution in [0.1, 0.15) is 33.4 Å². The minimum atomic E-state index is -0.511. The molecule has 40 heavy (non-hydrogen) atoms. The number of aromatic nitrogens is 4. The molecule has 0 fully saturated rings. The van der Waals surface area contributed by atoms with Gasteiger partial charge in [-0.1, -0.05) is 27.7 Å². The molecule has 0 aliphatic carbocycles. The molecule has 2 aromatic carbocycles. The van der Waals surface area contributed by atoms with E-state index in [-0.39, 0.29) is 40.5 Å². The number of nitrogens with zero attached hydrogens (tertiary/aromatic N) is 6. The number of pyridine rings is 1. The monoisotopic (exact) mass is 546 g/mol. The Hall–Kier alpha value is -4.87. The molecule has 0 aliphatic rings. The fourth-order valence-corrected chi connectivity index (χ4v) is 3.82. The summed E-state index contributed by atoms with van der Waals surface area (Å²) < 4.78 is 12.8. The molecule has 0 spiro atoms. The fraction of sp³-hybridized carbons (Fsp3) is 0.321. The van der Waals surface area contributed by atoms with Crippen LogP contribution in [-0.4, -0.2) is 42.8 Å². The van der Waals surface area contributed by atoms with Gasteiger partial charge in [0.2, 0.25) is 0 Å². The third-order valence-electron chi connectivity index (χ3n) is 5.70. The van der Waals surface area contributed by atoms with Crippen LogP contribution in [0.15, 0.2) is 54.7 Å². The smallest absolute Gasteiger partial charge is 0.313 e. The molecule has 0 bridgehead atoms. The zero-order chi connectivity index (χ0) is 29.0. The van der Waals surface area contributed by atoms with Crippen molar-refractivity contribution in [2.75, 3.05) is 13.2 Å². The molecule has 0 amide bonds. The van der Waals surface area contributed by atoms with E-state index in [0.717, 1.165) is 5.69 Å². The van der Waals surface area contributed by atoms with Gasteiger partial charge in [0.25, 0.3) is 0 Å². The van der Waals surface area contributed by atoms with Gasteiger partial charge in [0.1, 0.15) is 0 Å². The van der Waals surface area contributed by atoms with Gasteiger partial charge in [-0.05, 0) is 55.2 Å². The molecule has 12 nitrogen and oxygen atoms in total. The number of benzene rings is 2. The van der Waals surface area contributed by atoms with Crippen LogP contribution in [0.25, 0.3) is 28.5 Å². The summed E-state index contributed by atoms with van der Waals surface area (Å²) in [5.41, 5.74) is 1.74. The summed E-state index contributed by atoms with van der Waals surface area (Å²) in [5, 5.41) is 28.4. The first kappa shape index (κ1) is 28.1. The van der Waals surface area contributed by atoms with Gasteiger partial charge in [0, 0.05) is 35.2 Å². The molecule has 12 heteroatoms. The molecule has 2 heterocycles. The predicted octanol–water partition coefficient (Wildman–Crippen LogP) is 6.19. The number of aryl methyl sites for hydroxylation is 1. The standard InChI is InChI=1S/C28H30N6O6/c1-17(2)15-39-25-8-6-20(13-23(25)33(35)36)27-30-28(21-10-11-29-19(5)12-21)32(31-27)22-7-9-26(40-16-18(3)4)24(14-22)34(37)38/h6-14,17-18H,15-16H2,1-5H3. The average molecular weight is 547 g/mol. The minimum Gasteiger partial charge on any atom is -0.487 e. The quantitative estimate of drug-likeness (QED) is 0.158. The summed E-state index contributed by atoms with van der Waals surface area (Å²) in [5.74, 6) is 1.26. The molecule has 4 rings (SSSR count). The Balaban J connectivity index is 1.85. The zero-order valence-electron chi connectivity index (χ0n) is 22.9. The number of nitro groups is 2. The molecular formula is C28H30N6O6. The van der Waals surface area contributed by atoms with Crippen molar-refractivity contribution in [3.8, 4) is 40.0 Å². The molecule has 0 unspecified atom stereocenters. The molecule has 208 valence electrons. The third-order valence-corrected chi connectivity index (χ3v) is 5.70. The maximum absolute atomic E-state index is 11.9. The van der Waals surface area contributed by atoms with Crippen LogP contribution in [0.5, 0.6) is 11.5 Å². The van der Waals surface area contributed by atoms with Crippen molar-refractivity contribution in [1.82, 2.24) is 19.7 Å². The topological polar surface area (TPSA) is 148 Å². The number of hydrogen-bond acceptors (Lipinski definition) is 9. The van der Waals surface area contributed by atoms with Gasteiger partial charge < -0.3 is 9.47 Å². The average Bonchev–Trinajstić information content (AvgIpc) is 3.36. The summed E-state index contributed by atoms with van der Waals surface area (Å²) in [6, 6.07) is 12.7. The highest BCUT2D eigenvalue weighted by Crippen LogP contribution is 2.35. The SMILES string of the molecule is Cc1cc(-c2nc(-c3ccc(OCC(C)C)c([N+](=O)[O-])c3)nn2-c2ccc(OCC(C)C)c([N+](=O)[O-])c2)ccn1. The lowest BCUT2D eigenvalue weighted by Gasteiger charge is -2.11. The number of ether oxygens (including phenoxy) is 2. The van der Waals surface area contributed by atoms with Crippen LogP contribution >= 0.6 is 0 Å². The molecule has 0 N–H and O–H groups in total. The molecule has 2 aromatic heterocycles. The Morgan fingerprint density at radius 1 is 0.825 bits per heavy atom. The number of hydrogen-bond donors (Lipinski definition) is 0. The van der Waals surface area contributed by atoms with E-state index < -0.39 is 9.85 Å². The lowest BCUT2D eigenvalue weighted by Crippen LogP contribution is -2.07. The Bertz CT molecular complexity index is 1550. The Labute approximate surface area is 230 Å². The van der Waals surface area contributed by atoms with Gasteiger partial charge in [0.15, 0.2) is 23.1 Å². The predicted molar refractivity (Wildman–Crippen MR) is 149 cm³/mol. The van der Waals surface area contributed by atoms with Gasteiger partial charge in [0.05, 0.1) is 28.7 Å². The minimum absolute atomic E-state index is 0.150. The lowest BCUT2D eigenvalue weighted by molar-refractivity contribution is -0.386. The normalized spacial score (nSPS) is 11.2. The molecule has 0 atom stereocenters. The largest absolute Gasteiger partial charge is 0.487 e. The van der Waals surface area contributed by atoms with Gasteiger partial charge in [-0.15, -0.1) is 5.10 Å². The summed E-state index contributed by atoms with van der Waals surface area (Å²) >= 11 is 0. The molecule has 4 aromatic rings. The first-order valence-corrected chi connectivity index (χ1v) is 12.8. The highest BCUT2D eigenvalue weighted by molar-refractivity contribution is 5.68. The fourth-order valence-electron chi connectivity index (χ4n) is 3.82. The van der Waals surface area contributed by atoms with E-state index in [1.807, 2.05) is 40.7 Å². The van der Waals surface area contributed by atoms with E-state index in [2.05, 4.69) is 15.1 Å². The summed E-state index contributed by atoms with van der Waals surface area (Å²) in [4.78, 5) is 31.6. The third kappa shape index (κ3) is 6.40. The van der Waals surface area contributed by atoms with Gasteiger partial charge in [-0.3, -0.25) is 25.2 Å². The Morgan fingerprint density at radius 3 is 2.00 bits per heavy atom. The van der Waals surface area contributed by atoms with Crippen molar-refractivity contribution >= 4 is 11.4 Å². The Morgan fingerprint density at radius 2 is 1.43 bits per heavy atom. The maximum Gasteiger partial charge on any atom is 0.313 e. The van der Waals surface area contributed by atoms with Gasteiger partial charge in [-0.2, -0.15) is 0 Å². The molecular weight excluding hydrogens is 516 g/mol. The van der Waals surface area contributed by atoms with Crippen molar-refractivity contribution in [3.63, 3.8) is 0 Å². The second-order valence-corrected chi connectivity index (χ2v) is 10.1. The van der Waals surface area contributed by atoms with Crippen LogP contribution in [0.4, 0.5) is 11.4 Å². The lowest BCUT2D eigenvalue weighted by atomic mass is 10.1. The number of rotatable bonds is 11.